The normalized spacial score (nSPS) is 12.1. The van der Waals surface area contributed by atoms with Crippen LogP contribution >= 0.6 is 0 Å². The Labute approximate surface area is 89.4 Å². The summed E-state index contributed by atoms with van der Waals surface area (Å²) < 4.78 is 44.3. The molecular weight excluding hydrogens is 221 g/mol. The average molecular weight is 230 g/mol. The molecule has 0 aliphatic heterocycles. The summed E-state index contributed by atoms with van der Waals surface area (Å²) in [6.07, 6.45) is -2.93. The van der Waals surface area contributed by atoms with E-state index in [-0.39, 0.29) is 5.75 Å². The summed E-state index contributed by atoms with van der Waals surface area (Å²) in [5, 5.41) is 4.51. The van der Waals surface area contributed by atoms with Crippen LogP contribution in [0.4, 0.5) is 13.2 Å². The van der Waals surface area contributed by atoms with Crippen LogP contribution in [0.2, 0.25) is 0 Å². The van der Waals surface area contributed by atoms with Gasteiger partial charge in [0.05, 0.1) is 18.9 Å². The molecule has 0 fully saturated rings. The third-order valence-electron chi connectivity index (χ3n) is 2.37. The molecule has 3 nitrogen and oxygen atoms in total. The number of fused-ring (bicyclic) bond motifs is 1. The number of methoxy groups -OCH3 is 1. The second-order valence-corrected chi connectivity index (χ2v) is 3.35. The van der Waals surface area contributed by atoms with Gasteiger partial charge in [0, 0.05) is 12.4 Å². The molecule has 1 aromatic heterocycles. The molecule has 0 N–H and O–H groups in total. The first-order valence-electron chi connectivity index (χ1n) is 4.51. The number of ether oxygens (including phenoxy) is 1. The molecule has 0 spiro atoms. The quantitative estimate of drug-likeness (QED) is 0.752. The summed E-state index contributed by atoms with van der Waals surface area (Å²) >= 11 is 0. The lowest BCUT2D eigenvalue weighted by molar-refractivity contribution is -0.138. The Bertz CT molecular complexity index is 531. The van der Waals surface area contributed by atoms with Gasteiger partial charge in [-0.05, 0) is 6.07 Å². The van der Waals surface area contributed by atoms with Gasteiger partial charge < -0.3 is 4.74 Å². The molecule has 0 bridgehead atoms. The second-order valence-electron chi connectivity index (χ2n) is 3.35. The standard InChI is InChI=1S/C10H9F3N2O/c1-15-8-6(5-14-15)3-4-7(9(8)16-2)10(11,12)13/h3-5H,1-2H3. The maximum atomic E-state index is 12.7. The number of hydrogen-bond donors (Lipinski definition) is 0. The number of aryl methyl sites for hydroxylation is 1. The molecule has 16 heavy (non-hydrogen) atoms. The van der Waals surface area contributed by atoms with Crippen LogP contribution < -0.4 is 4.74 Å². The highest BCUT2D eigenvalue weighted by Gasteiger charge is 2.35. The number of hydrogen-bond acceptors (Lipinski definition) is 2. The Hall–Kier alpha value is -1.72. The lowest BCUT2D eigenvalue weighted by Gasteiger charge is -2.13. The van der Waals surface area contributed by atoms with E-state index in [9.17, 15) is 13.2 Å². The van der Waals surface area contributed by atoms with Crippen LogP contribution in [0.25, 0.3) is 10.9 Å². The number of benzene rings is 1. The van der Waals surface area contributed by atoms with Gasteiger partial charge in [-0.25, -0.2) is 0 Å². The fourth-order valence-corrected chi connectivity index (χ4v) is 1.66. The first kappa shape index (κ1) is 10.8. The summed E-state index contributed by atoms with van der Waals surface area (Å²) in [4.78, 5) is 0. The number of alkyl halides is 3. The van der Waals surface area contributed by atoms with Crippen molar-refractivity contribution in [3.63, 3.8) is 0 Å². The van der Waals surface area contributed by atoms with Crippen molar-refractivity contribution in [3.8, 4) is 5.75 Å². The highest BCUT2D eigenvalue weighted by molar-refractivity contribution is 5.86. The number of halogens is 3. The van der Waals surface area contributed by atoms with Gasteiger partial charge >= 0.3 is 6.18 Å². The van der Waals surface area contributed by atoms with Gasteiger partial charge in [-0.3, -0.25) is 4.68 Å². The van der Waals surface area contributed by atoms with Crippen molar-refractivity contribution in [2.75, 3.05) is 7.11 Å². The zero-order valence-corrected chi connectivity index (χ0v) is 8.67. The molecule has 1 aromatic carbocycles. The highest BCUT2D eigenvalue weighted by atomic mass is 19.4. The molecule has 2 aromatic rings. The zero-order valence-electron chi connectivity index (χ0n) is 8.67. The Morgan fingerprint density at radius 3 is 2.56 bits per heavy atom. The van der Waals surface area contributed by atoms with Crippen molar-refractivity contribution in [1.29, 1.82) is 0 Å². The Morgan fingerprint density at radius 1 is 1.31 bits per heavy atom. The minimum atomic E-state index is -4.43. The van der Waals surface area contributed by atoms with Gasteiger partial charge in [0.15, 0.2) is 5.75 Å². The number of aromatic nitrogens is 2. The average Bonchev–Trinajstić information content (AvgIpc) is 2.58. The molecule has 6 heteroatoms. The van der Waals surface area contributed by atoms with Crippen molar-refractivity contribution in [2.24, 2.45) is 7.05 Å². The van der Waals surface area contributed by atoms with E-state index >= 15 is 0 Å². The summed E-state index contributed by atoms with van der Waals surface area (Å²) in [5.41, 5.74) is -0.441. The largest absolute Gasteiger partial charge is 0.494 e. The van der Waals surface area contributed by atoms with E-state index in [1.165, 1.54) is 24.1 Å². The van der Waals surface area contributed by atoms with Gasteiger partial charge in [0.2, 0.25) is 0 Å². The third-order valence-corrected chi connectivity index (χ3v) is 2.37. The van der Waals surface area contributed by atoms with E-state index in [1.54, 1.807) is 7.05 Å². The van der Waals surface area contributed by atoms with E-state index < -0.39 is 11.7 Å². The van der Waals surface area contributed by atoms with E-state index in [0.29, 0.717) is 10.9 Å². The molecule has 0 aliphatic carbocycles. The molecule has 0 unspecified atom stereocenters. The highest BCUT2D eigenvalue weighted by Crippen LogP contribution is 2.40. The van der Waals surface area contributed by atoms with Crippen molar-refractivity contribution in [1.82, 2.24) is 9.78 Å². The fraction of sp³-hybridized carbons (Fsp3) is 0.300. The molecule has 0 saturated heterocycles. The van der Waals surface area contributed by atoms with Crippen molar-refractivity contribution >= 4 is 10.9 Å². The molecule has 0 atom stereocenters. The van der Waals surface area contributed by atoms with Gasteiger partial charge in [0.25, 0.3) is 0 Å². The molecule has 2 rings (SSSR count). The monoisotopic (exact) mass is 230 g/mol. The maximum Gasteiger partial charge on any atom is 0.420 e. The second kappa shape index (κ2) is 3.40. The fourth-order valence-electron chi connectivity index (χ4n) is 1.66. The SMILES string of the molecule is COc1c(C(F)(F)F)ccc2cnn(C)c12. The molecule has 1 heterocycles. The molecule has 86 valence electrons. The smallest absolute Gasteiger partial charge is 0.420 e. The third kappa shape index (κ3) is 1.50. The molecular formula is C10H9F3N2O. The maximum absolute atomic E-state index is 12.7. The lowest BCUT2D eigenvalue weighted by atomic mass is 10.1. The van der Waals surface area contributed by atoms with Gasteiger partial charge in [-0.1, -0.05) is 6.07 Å². The number of rotatable bonds is 1. The van der Waals surface area contributed by atoms with Crippen LogP contribution in [0, 0.1) is 0 Å². The predicted octanol–water partition coefficient (Wildman–Crippen LogP) is 2.60. The number of nitrogens with zero attached hydrogens (tertiary/aromatic N) is 2. The first-order valence-corrected chi connectivity index (χ1v) is 4.51. The molecule has 0 amide bonds. The van der Waals surface area contributed by atoms with Crippen LogP contribution in [0.5, 0.6) is 5.75 Å². The van der Waals surface area contributed by atoms with Gasteiger partial charge in [0.1, 0.15) is 5.52 Å². The first-order chi connectivity index (χ1) is 7.45. The minimum Gasteiger partial charge on any atom is -0.494 e. The predicted molar refractivity (Wildman–Crippen MR) is 52.3 cm³/mol. The van der Waals surface area contributed by atoms with Crippen LogP contribution in [0.3, 0.4) is 0 Å². The lowest BCUT2D eigenvalue weighted by Crippen LogP contribution is -2.08. The van der Waals surface area contributed by atoms with Crippen LogP contribution in [-0.4, -0.2) is 16.9 Å². The molecule has 0 aliphatic rings. The zero-order chi connectivity index (χ0) is 11.9. The van der Waals surface area contributed by atoms with Crippen LogP contribution in [0.15, 0.2) is 18.3 Å². The topological polar surface area (TPSA) is 27.1 Å². The van der Waals surface area contributed by atoms with Crippen molar-refractivity contribution < 1.29 is 17.9 Å². The van der Waals surface area contributed by atoms with Crippen molar-refractivity contribution in [3.05, 3.63) is 23.9 Å². The van der Waals surface area contributed by atoms with Gasteiger partial charge in [-0.15, -0.1) is 0 Å². The Balaban J connectivity index is 2.82. The molecule has 0 radical (unpaired) electrons. The Kier molecular flexibility index (Phi) is 2.29. The van der Waals surface area contributed by atoms with Crippen LogP contribution in [0.1, 0.15) is 5.56 Å². The summed E-state index contributed by atoms with van der Waals surface area (Å²) in [6.45, 7) is 0. The van der Waals surface area contributed by atoms with E-state index in [0.717, 1.165) is 6.07 Å². The minimum absolute atomic E-state index is 0.190. The summed E-state index contributed by atoms with van der Waals surface area (Å²) in [6, 6.07) is 2.39. The van der Waals surface area contributed by atoms with Gasteiger partial charge in [-0.2, -0.15) is 18.3 Å². The molecule has 0 saturated carbocycles. The summed E-state index contributed by atoms with van der Waals surface area (Å²) in [7, 11) is 2.79. The van der Waals surface area contributed by atoms with E-state index in [2.05, 4.69) is 5.10 Å². The van der Waals surface area contributed by atoms with Crippen LogP contribution in [-0.2, 0) is 13.2 Å². The Morgan fingerprint density at radius 2 is 2.00 bits per heavy atom. The van der Waals surface area contributed by atoms with Crippen molar-refractivity contribution in [2.45, 2.75) is 6.18 Å². The summed E-state index contributed by atoms with van der Waals surface area (Å²) in [5.74, 6) is -0.190. The van der Waals surface area contributed by atoms with E-state index in [1.807, 2.05) is 0 Å². The van der Waals surface area contributed by atoms with E-state index in [4.69, 9.17) is 4.74 Å².